The molecule has 0 radical (unpaired) electrons. The number of aliphatic carboxylic acids is 1. The van der Waals surface area contributed by atoms with Gasteiger partial charge in [0.15, 0.2) is 0 Å². The molecule has 1 aliphatic heterocycles. The van der Waals surface area contributed by atoms with Gasteiger partial charge in [-0.25, -0.2) is 0 Å². The first kappa shape index (κ1) is 26.7. The Kier molecular flexibility index (Phi) is 5.48. The molecule has 7 fully saturated rings. The number of rotatable bonds is 6. The van der Waals surface area contributed by atoms with Crippen LogP contribution in [0.3, 0.4) is 0 Å². The van der Waals surface area contributed by atoms with Gasteiger partial charge in [-0.05, 0) is 62.7 Å². The highest BCUT2D eigenvalue weighted by atomic mass is 19.4. The third-order valence-corrected chi connectivity index (χ3v) is 10.1. The number of carboxylic acids is 1. The largest absolute Gasteiger partial charge is 0.550 e. The zero-order chi connectivity index (χ0) is 28.3. The van der Waals surface area contributed by atoms with Crippen molar-refractivity contribution in [2.45, 2.75) is 87.4 Å². The molecule has 39 heavy (non-hydrogen) atoms. The molecular weight excluding hydrogens is 542 g/mol. The van der Waals surface area contributed by atoms with E-state index in [-0.39, 0.29) is 61.9 Å². The molecule has 0 aromatic carbocycles. The maximum absolute atomic E-state index is 13.8. The van der Waals surface area contributed by atoms with E-state index in [9.17, 15) is 50.6 Å². The summed E-state index contributed by atoms with van der Waals surface area (Å²) in [6.07, 6.45) is -13.6. The summed E-state index contributed by atoms with van der Waals surface area (Å²) in [4.78, 5) is 50.0. The summed E-state index contributed by atoms with van der Waals surface area (Å²) in [5, 5.41) is 11.0. The second-order valence-electron chi connectivity index (χ2n) is 12.5. The Hall–Kier alpha value is -2.54. The lowest BCUT2D eigenvalue weighted by atomic mass is 9.48. The number of carboxylic acid groups (broad SMARTS) is 1. The van der Waals surface area contributed by atoms with Crippen LogP contribution >= 0.6 is 0 Å². The molecule has 7 unspecified atom stereocenters. The number of halogens is 6. The molecule has 0 spiro atoms. The molecule has 14 heteroatoms. The normalized spacial score (nSPS) is 42.0. The Morgan fingerprint density at radius 3 is 2.13 bits per heavy atom. The third-order valence-electron chi connectivity index (χ3n) is 10.1. The van der Waals surface area contributed by atoms with Gasteiger partial charge in [0.1, 0.15) is 11.7 Å². The lowest BCUT2D eigenvalue weighted by Gasteiger charge is -2.60. The van der Waals surface area contributed by atoms with Crippen LogP contribution in [0, 0.1) is 40.9 Å². The maximum Gasteiger partial charge on any atom is 0.437 e. The van der Waals surface area contributed by atoms with Crippen LogP contribution in [0.1, 0.15) is 57.8 Å². The molecule has 0 aromatic rings. The summed E-state index contributed by atoms with van der Waals surface area (Å²) in [5.74, 6) is -7.86. The maximum atomic E-state index is 13.8. The third kappa shape index (κ3) is 3.78. The Morgan fingerprint density at radius 2 is 1.56 bits per heavy atom. The van der Waals surface area contributed by atoms with Crippen molar-refractivity contribution in [2.75, 3.05) is 0 Å². The van der Waals surface area contributed by atoms with Crippen LogP contribution in [0.15, 0.2) is 0 Å². The monoisotopic (exact) mass is 567 g/mol. The van der Waals surface area contributed by atoms with Crippen LogP contribution in [0.25, 0.3) is 0 Å². The molecule has 0 N–H and O–H groups in total. The molecule has 7 aliphatic rings. The number of hydrogen-bond acceptors (Lipinski definition) is 8. The highest BCUT2D eigenvalue weighted by Crippen LogP contribution is 2.65. The van der Waals surface area contributed by atoms with Crippen molar-refractivity contribution in [3.63, 3.8) is 0 Å². The lowest BCUT2D eigenvalue weighted by molar-refractivity contribution is -0.383. The van der Waals surface area contributed by atoms with Crippen molar-refractivity contribution in [3.05, 3.63) is 0 Å². The molecule has 6 saturated carbocycles. The van der Waals surface area contributed by atoms with Crippen LogP contribution in [0.4, 0.5) is 26.3 Å². The minimum Gasteiger partial charge on any atom is -0.550 e. The molecule has 1 heterocycles. The summed E-state index contributed by atoms with van der Waals surface area (Å²) in [6, 6.07) is 0. The van der Waals surface area contributed by atoms with Gasteiger partial charge >= 0.3 is 35.9 Å². The van der Waals surface area contributed by atoms with E-state index in [0.717, 1.165) is 0 Å². The van der Waals surface area contributed by atoms with Crippen LogP contribution < -0.4 is 5.11 Å². The fourth-order valence-corrected chi connectivity index (χ4v) is 9.13. The Labute approximate surface area is 217 Å². The average Bonchev–Trinajstić information content (AvgIpc) is 3.38. The first-order valence-corrected chi connectivity index (χ1v) is 13.0. The summed E-state index contributed by atoms with van der Waals surface area (Å²) < 4.78 is 98.1. The minimum atomic E-state index is -6.29. The van der Waals surface area contributed by atoms with Gasteiger partial charge in [-0.3, -0.25) is 14.4 Å². The summed E-state index contributed by atoms with van der Waals surface area (Å²) in [7, 11) is 0. The fourth-order valence-electron chi connectivity index (χ4n) is 9.13. The summed E-state index contributed by atoms with van der Waals surface area (Å²) >= 11 is 0. The second kappa shape index (κ2) is 8.02. The van der Waals surface area contributed by atoms with Gasteiger partial charge in [-0.1, -0.05) is 0 Å². The Bertz CT molecular complexity index is 1100. The lowest BCUT2D eigenvalue weighted by Crippen LogP contribution is -2.65. The quantitative estimate of drug-likeness (QED) is 0.273. The van der Waals surface area contributed by atoms with Crippen molar-refractivity contribution in [1.29, 1.82) is 0 Å². The molecule has 6 bridgehead atoms. The minimum absolute atomic E-state index is 0.0660. The average molecular weight is 567 g/mol. The zero-order valence-electron chi connectivity index (χ0n) is 20.4. The van der Waals surface area contributed by atoms with Crippen molar-refractivity contribution in [3.8, 4) is 0 Å². The van der Waals surface area contributed by atoms with Crippen LogP contribution in [-0.4, -0.2) is 53.5 Å². The Morgan fingerprint density at radius 1 is 0.949 bits per heavy atom. The molecule has 7 atom stereocenters. The second-order valence-corrected chi connectivity index (χ2v) is 12.5. The number of fused-ring (bicyclic) bond motifs is 1. The first-order valence-electron chi connectivity index (χ1n) is 13.0. The van der Waals surface area contributed by atoms with E-state index in [2.05, 4.69) is 4.74 Å². The van der Waals surface area contributed by atoms with Gasteiger partial charge < -0.3 is 24.1 Å². The molecular formula is C25H25F6O8-. The number of carbonyl (C=O) groups is 4. The predicted octanol–water partition coefficient (Wildman–Crippen LogP) is 2.61. The van der Waals surface area contributed by atoms with Gasteiger partial charge in [0, 0.05) is 24.7 Å². The van der Waals surface area contributed by atoms with E-state index in [4.69, 9.17) is 9.47 Å². The van der Waals surface area contributed by atoms with Gasteiger partial charge in [0.2, 0.25) is 0 Å². The molecule has 6 aliphatic carbocycles. The summed E-state index contributed by atoms with van der Waals surface area (Å²) in [6.45, 7) is 0. The van der Waals surface area contributed by atoms with E-state index < -0.39 is 71.1 Å². The molecule has 0 amide bonds. The smallest absolute Gasteiger partial charge is 0.437 e. The number of esters is 3. The van der Waals surface area contributed by atoms with E-state index in [1.807, 2.05) is 0 Å². The fraction of sp³-hybridized carbons (Fsp3) is 0.840. The van der Waals surface area contributed by atoms with Gasteiger partial charge in [-0.15, -0.1) is 0 Å². The van der Waals surface area contributed by atoms with Gasteiger partial charge in [-0.2, -0.15) is 26.3 Å². The van der Waals surface area contributed by atoms with Crippen LogP contribution in [0.5, 0.6) is 0 Å². The van der Waals surface area contributed by atoms with Crippen LogP contribution in [-0.2, 0) is 33.4 Å². The van der Waals surface area contributed by atoms with E-state index in [0.29, 0.717) is 19.3 Å². The first-order chi connectivity index (χ1) is 18.0. The summed E-state index contributed by atoms with van der Waals surface area (Å²) in [5.41, 5.74) is -8.41. The van der Waals surface area contributed by atoms with Crippen LogP contribution in [0.2, 0.25) is 0 Å². The number of carbonyl (C=O) groups excluding carboxylic acids is 4. The molecule has 0 aromatic heterocycles. The van der Waals surface area contributed by atoms with E-state index >= 15 is 0 Å². The number of alkyl halides is 6. The highest BCUT2D eigenvalue weighted by molar-refractivity contribution is 5.86. The number of ether oxygens (including phenoxy) is 3. The molecule has 7 rings (SSSR count). The Balaban J connectivity index is 1.27. The van der Waals surface area contributed by atoms with Gasteiger partial charge in [0.05, 0.1) is 17.3 Å². The SMILES string of the molecule is O=C([O-])CC(OC(=O)C12CC3CC(CC(OC(=O)C4C5CC6OC(=O)C4C6C5)(C3)C1)C2)(C(F)(F)F)C(F)(F)F. The van der Waals surface area contributed by atoms with E-state index in [1.165, 1.54) is 0 Å². The standard InChI is InChI=1S/C25H26F6O8/c26-24(27,28)23(8-15(32)33,25(29,30)31)39-20(36)21-4-10-1-11(5-21)7-22(6-10,9-21)38-19(35)16-12-2-13-14(3-12)37-18(34)17(13)16/h10-14,16-17H,1-9H2,(H,32,33)/p-1. The predicted molar refractivity (Wildman–Crippen MR) is 110 cm³/mol. The van der Waals surface area contributed by atoms with Gasteiger partial charge in [0.25, 0.3) is 0 Å². The van der Waals surface area contributed by atoms with Crippen molar-refractivity contribution in [2.24, 2.45) is 40.9 Å². The van der Waals surface area contributed by atoms with Crippen molar-refractivity contribution in [1.82, 2.24) is 0 Å². The molecule has 1 saturated heterocycles. The van der Waals surface area contributed by atoms with E-state index in [1.54, 1.807) is 0 Å². The highest BCUT2D eigenvalue weighted by Gasteiger charge is 2.76. The van der Waals surface area contributed by atoms with Crippen molar-refractivity contribution >= 4 is 23.9 Å². The van der Waals surface area contributed by atoms with Crippen molar-refractivity contribution < 1.29 is 64.8 Å². The topological polar surface area (TPSA) is 119 Å². The molecule has 216 valence electrons. The molecule has 8 nitrogen and oxygen atoms in total. The zero-order valence-corrected chi connectivity index (χ0v) is 20.4. The number of hydrogen-bond donors (Lipinski definition) is 0.